The topological polar surface area (TPSA) is 54.6 Å². The first-order chi connectivity index (χ1) is 11.3. The van der Waals surface area contributed by atoms with Crippen molar-refractivity contribution in [3.8, 4) is 5.75 Å². The largest absolute Gasteiger partial charge is 0.507 e. The molecule has 1 aromatic heterocycles. The van der Waals surface area contributed by atoms with Gasteiger partial charge in [-0.1, -0.05) is 32.9 Å². The first kappa shape index (κ1) is 17.0. The van der Waals surface area contributed by atoms with Gasteiger partial charge < -0.3 is 9.67 Å². The van der Waals surface area contributed by atoms with Gasteiger partial charge in [-0.2, -0.15) is 4.99 Å². The van der Waals surface area contributed by atoms with Crippen molar-refractivity contribution in [1.82, 2.24) is 4.57 Å². The molecular weight excluding hydrogens is 320 g/mol. The van der Waals surface area contributed by atoms with Crippen LogP contribution in [-0.2, 0) is 12.0 Å². The number of rotatable bonds is 3. The van der Waals surface area contributed by atoms with Gasteiger partial charge >= 0.3 is 0 Å². The van der Waals surface area contributed by atoms with Crippen molar-refractivity contribution in [2.45, 2.75) is 52.5 Å². The van der Waals surface area contributed by atoms with Gasteiger partial charge in [-0.05, 0) is 43.2 Å². The van der Waals surface area contributed by atoms with Crippen LogP contribution in [-0.4, -0.2) is 15.6 Å². The number of hydrogen-bond acceptors (Lipinski definition) is 3. The molecule has 0 saturated heterocycles. The lowest BCUT2D eigenvalue weighted by Crippen LogP contribution is -2.19. The van der Waals surface area contributed by atoms with Crippen LogP contribution in [0.4, 0.5) is 0 Å². The Morgan fingerprint density at radius 3 is 2.58 bits per heavy atom. The highest BCUT2D eigenvalue weighted by Crippen LogP contribution is 2.33. The number of phenolic OH excluding ortho intramolecular Hbond substituents is 1. The molecule has 1 aliphatic carbocycles. The van der Waals surface area contributed by atoms with Crippen molar-refractivity contribution < 1.29 is 9.90 Å². The molecule has 2 aromatic rings. The fraction of sp³-hybridized carbons (Fsp3) is 0.474. The van der Waals surface area contributed by atoms with Crippen LogP contribution >= 0.6 is 11.3 Å². The van der Waals surface area contributed by atoms with Gasteiger partial charge in [0.15, 0.2) is 4.80 Å². The molecule has 1 saturated carbocycles. The minimum Gasteiger partial charge on any atom is -0.507 e. The molecule has 5 heteroatoms. The quantitative estimate of drug-likeness (QED) is 0.914. The number of thiazole rings is 1. The van der Waals surface area contributed by atoms with Gasteiger partial charge in [-0.3, -0.25) is 4.79 Å². The number of hydrogen-bond donors (Lipinski definition) is 1. The van der Waals surface area contributed by atoms with Crippen LogP contribution in [0.3, 0.4) is 0 Å². The summed E-state index contributed by atoms with van der Waals surface area (Å²) in [4.78, 5) is 18.9. The van der Waals surface area contributed by atoms with E-state index in [-0.39, 0.29) is 22.6 Å². The molecule has 24 heavy (non-hydrogen) atoms. The Bertz CT molecular complexity index is 836. The van der Waals surface area contributed by atoms with Gasteiger partial charge in [-0.25, -0.2) is 0 Å². The molecule has 0 aliphatic heterocycles. The van der Waals surface area contributed by atoms with E-state index in [1.54, 1.807) is 29.5 Å². The van der Waals surface area contributed by atoms with Crippen LogP contribution in [0.25, 0.3) is 0 Å². The number of aromatic nitrogens is 1. The van der Waals surface area contributed by atoms with Crippen molar-refractivity contribution >= 4 is 17.2 Å². The molecule has 0 radical (unpaired) electrons. The van der Waals surface area contributed by atoms with Gasteiger partial charge in [-0.15, -0.1) is 11.3 Å². The summed E-state index contributed by atoms with van der Waals surface area (Å²) in [5.41, 5.74) is 1.47. The van der Waals surface area contributed by atoms with Crippen molar-refractivity contribution in [2.24, 2.45) is 10.9 Å². The summed E-state index contributed by atoms with van der Waals surface area (Å²) in [6, 6.07) is 6.56. The molecule has 1 aromatic carbocycles. The van der Waals surface area contributed by atoms with E-state index in [0.29, 0.717) is 5.92 Å². The SMILES string of the molecule is Cc1c(C(C)(C)C)s/c(=N\C(=O)c2ccccc2O)n1CC1CC1. The summed E-state index contributed by atoms with van der Waals surface area (Å²) in [6.07, 6.45) is 2.50. The monoisotopic (exact) mass is 344 g/mol. The van der Waals surface area contributed by atoms with Crippen LogP contribution in [0, 0.1) is 12.8 Å². The second-order valence-corrected chi connectivity index (χ2v) is 8.51. The van der Waals surface area contributed by atoms with Gasteiger partial charge in [0.1, 0.15) is 5.75 Å². The first-order valence-corrected chi connectivity index (χ1v) is 9.17. The van der Waals surface area contributed by atoms with Gasteiger partial charge in [0.2, 0.25) is 0 Å². The smallest absolute Gasteiger partial charge is 0.283 e. The molecule has 4 nitrogen and oxygen atoms in total. The number of phenols is 1. The molecule has 0 spiro atoms. The number of benzene rings is 1. The molecule has 1 fully saturated rings. The van der Waals surface area contributed by atoms with Crippen LogP contribution in [0.1, 0.15) is 54.5 Å². The third-order valence-electron chi connectivity index (χ3n) is 4.31. The number of amides is 1. The minimum absolute atomic E-state index is 0.0196. The molecular formula is C19H24N2O2S. The maximum atomic E-state index is 12.5. The highest BCUT2D eigenvalue weighted by Gasteiger charge is 2.27. The van der Waals surface area contributed by atoms with Crippen LogP contribution < -0.4 is 4.80 Å². The number of para-hydroxylation sites is 1. The standard InChI is InChI=1S/C19H24N2O2S/c1-12-16(19(2,3)4)24-18(21(12)11-13-9-10-13)20-17(23)14-7-5-6-8-15(14)22/h5-8,13,22H,9-11H2,1-4H3/b20-18-. The average molecular weight is 344 g/mol. The van der Waals surface area contributed by atoms with E-state index in [1.165, 1.54) is 29.5 Å². The lowest BCUT2D eigenvalue weighted by atomic mass is 9.93. The molecule has 1 heterocycles. The Morgan fingerprint density at radius 1 is 1.33 bits per heavy atom. The molecule has 0 bridgehead atoms. The van der Waals surface area contributed by atoms with E-state index in [0.717, 1.165) is 11.3 Å². The van der Waals surface area contributed by atoms with Gasteiger partial charge in [0.05, 0.1) is 5.56 Å². The van der Waals surface area contributed by atoms with E-state index in [2.05, 4.69) is 37.3 Å². The third-order valence-corrected chi connectivity index (χ3v) is 5.91. The summed E-state index contributed by atoms with van der Waals surface area (Å²) in [7, 11) is 0. The number of nitrogens with zero attached hydrogens (tertiary/aromatic N) is 2. The Hall–Kier alpha value is -1.88. The Balaban J connectivity index is 2.08. The molecule has 0 unspecified atom stereocenters. The molecule has 0 atom stereocenters. The summed E-state index contributed by atoms with van der Waals surface area (Å²) < 4.78 is 2.18. The van der Waals surface area contributed by atoms with E-state index in [9.17, 15) is 9.90 Å². The highest BCUT2D eigenvalue weighted by atomic mass is 32.1. The maximum absolute atomic E-state index is 12.5. The molecule has 1 aliphatic rings. The van der Waals surface area contributed by atoms with E-state index >= 15 is 0 Å². The predicted molar refractivity (Wildman–Crippen MR) is 96.5 cm³/mol. The number of carbonyl (C=O) groups excluding carboxylic acids is 1. The molecule has 1 amide bonds. The zero-order valence-corrected chi connectivity index (χ0v) is 15.5. The Labute approximate surface area is 146 Å². The van der Waals surface area contributed by atoms with Gasteiger partial charge in [0, 0.05) is 17.1 Å². The second kappa shape index (κ2) is 6.20. The fourth-order valence-electron chi connectivity index (χ4n) is 2.84. The minimum atomic E-state index is -0.389. The Morgan fingerprint density at radius 2 is 2.00 bits per heavy atom. The molecule has 128 valence electrons. The second-order valence-electron chi connectivity index (χ2n) is 7.54. The molecule has 3 rings (SSSR count). The van der Waals surface area contributed by atoms with Crippen molar-refractivity contribution in [1.29, 1.82) is 0 Å². The summed E-state index contributed by atoms with van der Waals surface area (Å²) in [5, 5.41) is 9.89. The van der Waals surface area contributed by atoms with Crippen LogP contribution in [0.5, 0.6) is 5.75 Å². The average Bonchev–Trinajstić information content (AvgIpc) is 3.26. The number of carbonyl (C=O) groups is 1. The fourth-order valence-corrected chi connectivity index (χ4v) is 4.04. The lowest BCUT2D eigenvalue weighted by Gasteiger charge is -2.17. The van der Waals surface area contributed by atoms with Crippen LogP contribution in [0.15, 0.2) is 29.3 Å². The summed E-state index contributed by atoms with van der Waals surface area (Å²) in [6.45, 7) is 9.58. The van der Waals surface area contributed by atoms with E-state index in [4.69, 9.17) is 0 Å². The highest BCUT2D eigenvalue weighted by molar-refractivity contribution is 7.09. The Kier molecular flexibility index (Phi) is 4.38. The molecule has 1 N–H and O–H groups in total. The van der Waals surface area contributed by atoms with E-state index < -0.39 is 0 Å². The normalized spacial score (nSPS) is 15.8. The zero-order valence-electron chi connectivity index (χ0n) is 14.7. The van der Waals surface area contributed by atoms with Crippen LogP contribution in [0.2, 0.25) is 0 Å². The van der Waals surface area contributed by atoms with Crippen molar-refractivity contribution in [3.63, 3.8) is 0 Å². The van der Waals surface area contributed by atoms with Crippen molar-refractivity contribution in [3.05, 3.63) is 45.2 Å². The van der Waals surface area contributed by atoms with E-state index in [1.807, 2.05) is 0 Å². The third kappa shape index (κ3) is 3.46. The summed E-state index contributed by atoms with van der Waals surface area (Å²) >= 11 is 1.59. The first-order valence-electron chi connectivity index (χ1n) is 8.35. The zero-order chi connectivity index (χ0) is 17.5. The summed E-state index contributed by atoms with van der Waals surface area (Å²) in [5.74, 6) is 0.286. The van der Waals surface area contributed by atoms with Crippen molar-refractivity contribution in [2.75, 3.05) is 0 Å². The maximum Gasteiger partial charge on any atom is 0.283 e. The lowest BCUT2D eigenvalue weighted by molar-refractivity contribution is 0.0995. The predicted octanol–water partition coefficient (Wildman–Crippen LogP) is 4.01. The van der Waals surface area contributed by atoms with Gasteiger partial charge in [0.25, 0.3) is 5.91 Å². The number of aromatic hydroxyl groups is 1.